The summed E-state index contributed by atoms with van der Waals surface area (Å²) in [5, 5.41) is 0. The molecule has 0 heterocycles. The zero-order valence-electron chi connectivity index (χ0n) is 8.34. The topological polar surface area (TPSA) is 9.23 Å². The van der Waals surface area contributed by atoms with Gasteiger partial charge in [-0.1, -0.05) is 24.3 Å². The van der Waals surface area contributed by atoms with Gasteiger partial charge in [-0.2, -0.15) is 0 Å². The Hall–Kier alpha value is -1.24. The normalized spacial score (nSPS) is 9.69. The van der Waals surface area contributed by atoms with Gasteiger partial charge in [0.05, 0.1) is 6.61 Å². The Morgan fingerprint density at radius 3 is 2.85 bits per heavy atom. The molecule has 0 aromatic heterocycles. The molecule has 0 fully saturated rings. The third-order valence-corrected chi connectivity index (χ3v) is 1.95. The quantitative estimate of drug-likeness (QED) is 0.640. The molecule has 0 saturated carbocycles. The molecule has 0 aliphatic rings. The van der Waals surface area contributed by atoms with Crippen molar-refractivity contribution in [3.63, 3.8) is 0 Å². The number of aryl methyl sites for hydroxylation is 1. The molecule has 0 N–H and O–H groups in total. The molecule has 1 heteroatoms. The Labute approximate surface area is 80.0 Å². The molecule has 0 radical (unpaired) electrons. The summed E-state index contributed by atoms with van der Waals surface area (Å²) in [6, 6.07) is 6.20. The van der Waals surface area contributed by atoms with Crippen LogP contribution in [0.5, 0.6) is 5.75 Å². The van der Waals surface area contributed by atoms with E-state index < -0.39 is 0 Å². The third-order valence-electron chi connectivity index (χ3n) is 1.95. The highest BCUT2D eigenvalue weighted by atomic mass is 16.5. The molecule has 13 heavy (non-hydrogen) atoms. The largest absolute Gasteiger partial charge is 0.493 e. The van der Waals surface area contributed by atoms with Crippen LogP contribution in [0.1, 0.15) is 18.1 Å². The van der Waals surface area contributed by atoms with Crippen LogP contribution >= 0.6 is 0 Å². The lowest BCUT2D eigenvalue weighted by atomic mass is 10.1. The van der Waals surface area contributed by atoms with E-state index in [1.54, 1.807) is 0 Å². The summed E-state index contributed by atoms with van der Waals surface area (Å²) >= 11 is 0. The Morgan fingerprint density at radius 2 is 2.23 bits per heavy atom. The van der Waals surface area contributed by atoms with Crippen molar-refractivity contribution in [3.05, 3.63) is 42.0 Å². The van der Waals surface area contributed by atoms with E-state index in [4.69, 9.17) is 4.74 Å². The number of allylic oxidation sites excluding steroid dienone is 1. The number of hydrogen-bond acceptors (Lipinski definition) is 1. The highest BCUT2D eigenvalue weighted by Crippen LogP contribution is 2.23. The number of para-hydroxylation sites is 1. The van der Waals surface area contributed by atoms with Crippen molar-refractivity contribution in [1.82, 2.24) is 0 Å². The van der Waals surface area contributed by atoms with Gasteiger partial charge in [0, 0.05) is 0 Å². The minimum absolute atomic E-state index is 0.717. The fourth-order valence-corrected chi connectivity index (χ4v) is 1.38. The van der Waals surface area contributed by atoms with Crippen molar-refractivity contribution in [3.8, 4) is 5.75 Å². The van der Waals surface area contributed by atoms with Crippen LogP contribution in [0, 0.1) is 6.92 Å². The van der Waals surface area contributed by atoms with Crippen LogP contribution in [0.4, 0.5) is 0 Å². The molecule has 1 rings (SSSR count). The zero-order chi connectivity index (χ0) is 9.68. The van der Waals surface area contributed by atoms with E-state index in [-0.39, 0.29) is 0 Å². The molecule has 0 spiro atoms. The smallest absolute Gasteiger partial charge is 0.125 e. The van der Waals surface area contributed by atoms with Gasteiger partial charge in [0.25, 0.3) is 0 Å². The summed E-state index contributed by atoms with van der Waals surface area (Å²) in [4.78, 5) is 0. The Kier molecular flexibility index (Phi) is 3.56. The third kappa shape index (κ3) is 2.35. The first-order valence-corrected chi connectivity index (χ1v) is 4.61. The summed E-state index contributed by atoms with van der Waals surface area (Å²) in [5.41, 5.74) is 2.41. The lowest BCUT2D eigenvalue weighted by Crippen LogP contribution is -1.98. The van der Waals surface area contributed by atoms with Crippen molar-refractivity contribution in [2.45, 2.75) is 20.3 Å². The molecular formula is C12H16O. The predicted molar refractivity (Wildman–Crippen MR) is 56.2 cm³/mol. The van der Waals surface area contributed by atoms with Crippen molar-refractivity contribution >= 4 is 0 Å². The summed E-state index contributed by atoms with van der Waals surface area (Å²) in [5.74, 6) is 1.02. The van der Waals surface area contributed by atoms with Crippen LogP contribution < -0.4 is 4.74 Å². The molecule has 0 aliphatic heterocycles. The Balaban J connectivity index is 3.01. The first-order valence-electron chi connectivity index (χ1n) is 4.61. The van der Waals surface area contributed by atoms with Gasteiger partial charge in [-0.25, -0.2) is 0 Å². The average molecular weight is 176 g/mol. The second kappa shape index (κ2) is 4.70. The van der Waals surface area contributed by atoms with Gasteiger partial charge in [-0.15, -0.1) is 6.58 Å². The maximum absolute atomic E-state index is 5.57. The molecule has 0 saturated heterocycles. The molecule has 0 bridgehead atoms. The van der Waals surface area contributed by atoms with Crippen LogP contribution in [0.15, 0.2) is 30.9 Å². The van der Waals surface area contributed by atoms with Gasteiger partial charge in [0.1, 0.15) is 5.75 Å². The molecule has 0 aliphatic carbocycles. The summed E-state index contributed by atoms with van der Waals surface area (Å²) in [6.45, 7) is 8.52. The average Bonchev–Trinajstić information content (AvgIpc) is 2.11. The Bertz CT molecular complexity index is 289. The highest BCUT2D eigenvalue weighted by Gasteiger charge is 2.03. The van der Waals surface area contributed by atoms with Gasteiger partial charge >= 0.3 is 0 Å². The fourth-order valence-electron chi connectivity index (χ4n) is 1.38. The molecular weight excluding hydrogens is 160 g/mol. The van der Waals surface area contributed by atoms with Crippen LogP contribution in [0.2, 0.25) is 0 Å². The van der Waals surface area contributed by atoms with E-state index in [1.165, 1.54) is 11.1 Å². The monoisotopic (exact) mass is 176 g/mol. The van der Waals surface area contributed by atoms with Gasteiger partial charge in [-0.05, 0) is 31.4 Å². The van der Waals surface area contributed by atoms with E-state index in [0.29, 0.717) is 0 Å². The van der Waals surface area contributed by atoms with E-state index >= 15 is 0 Å². The van der Waals surface area contributed by atoms with Crippen LogP contribution in [-0.2, 0) is 6.42 Å². The van der Waals surface area contributed by atoms with E-state index in [0.717, 1.165) is 18.8 Å². The lowest BCUT2D eigenvalue weighted by molar-refractivity contribution is 0.335. The van der Waals surface area contributed by atoms with Gasteiger partial charge < -0.3 is 4.74 Å². The summed E-state index contributed by atoms with van der Waals surface area (Å²) < 4.78 is 5.57. The highest BCUT2D eigenvalue weighted by molar-refractivity contribution is 5.41. The van der Waals surface area contributed by atoms with Crippen molar-refractivity contribution in [2.75, 3.05) is 6.61 Å². The second-order valence-corrected chi connectivity index (χ2v) is 2.99. The van der Waals surface area contributed by atoms with Gasteiger partial charge in [0.2, 0.25) is 0 Å². The summed E-state index contributed by atoms with van der Waals surface area (Å²) in [6.07, 6.45) is 2.77. The van der Waals surface area contributed by atoms with Crippen molar-refractivity contribution in [2.24, 2.45) is 0 Å². The molecule has 0 atom stereocenters. The molecule has 70 valence electrons. The SMILES string of the molecule is C=CCc1cccc(C)c1OCC. The minimum atomic E-state index is 0.717. The molecule has 1 aromatic rings. The second-order valence-electron chi connectivity index (χ2n) is 2.99. The van der Waals surface area contributed by atoms with E-state index in [2.05, 4.69) is 31.7 Å². The van der Waals surface area contributed by atoms with Crippen LogP contribution in [-0.4, -0.2) is 6.61 Å². The fraction of sp³-hybridized carbons (Fsp3) is 0.333. The Morgan fingerprint density at radius 1 is 1.46 bits per heavy atom. The number of benzene rings is 1. The number of rotatable bonds is 4. The zero-order valence-corrected chi connectivity index (χ0v) is 8.34. The van der Waals surface area contributed by atoms with Gasteiger partial charge in [-0.3, -0.25) is 0 Å². The molecule has 1 aromatic carbocycles. The maximum atomic E-state index is 5.57. The van der Waals surface area contributed by atoms with E-state index in [9.17, 15) is 0 Å². The standard InChI is InChI=1S/C12H16O/c1-4-7-11-9-6-8-10(3)12(11)13-5-2/h4,6,8-9H,1,5,7H2,2-3H3. The predicted octanol–water partition coefficient (Wildman–Crippen LogP) is 3.12. The summed E-state index contributed by atoms with van der Waals surface area (Å²) in [7, 11) is 0. The maximum Gasteiger partial charge on any atom is 0.125 e. The van der Waals surface area contributed by atoms with Crippen LogP contribution in [0.3, 0.4) is 0 Å². The van der Waals surface area contributed by atoms with E-state index in [1.807, 2.05) is 13.0 Å². The van der Waals surface area contributed by atoms with Gasteiger partial charge in [0.15, 0.2) is 0 Å². The first-order chi connectivity index (χ1) is 6.29. The molecule has 0 amide bonds. The van der Waals surface area contributed by atoms with Crippen molar-refractivity contribution in [1.29, 1.82) is 0 Å². The number of hydrogen-bond donors (Lipinski definition) is 0. The molecule has 0 unspecified atom stereocenters. The minimum Gasteiger partial charge on any atom is -0.493 e. The lowest BCUT2D eigenvalue weighted by Gasteiger charge is -2.11. The number of ether oxygens (including phenoxy) is 1. The first kappa shape index (κ1) is 9.85. The molecule has 1 nitrogen and oxygen atoms in total. The van der Waals surface area contributed by atoms with Crippen molar-refractivity contribution < 1.29 is 4.74 Å². The van der Waals surface area contributed by atoms with Crippen LogP contribution in [0.25, 0.3) is 0 Å².